The van der Waals surface area contributed by atoms with Gasteiger partial charge in [0, 0.05) is 31.4 Å². The summed E-state index contributed by atoms with van der Waals surface area (Å²) in [5.41, 5.74) is 1.82. The minimum Gasteiger partial charge on any atom is -0.378 e. The molecule has 0 unspecified atom stereocenters. The van der Waals surface area contributed by atoms with Gasteiger partial charge in [-0.15, -0.1) is 0 Å². The van der Waals surface area contributed by atoms with Gasteiger partial charge in [0.1, 0.15) is 0 Å². The molecule has 0 heterocycles. The van der Waals surface area contributed by atoms with E-state index in [9.17, 15) is 4.79 Å². The van der Waals surface area contributed by atoms with Crippen molar-refractivity contribution in [2.45, 2.75) is 32.7 Å². The lowest BCUT2D eigenvalue weighted by Crippen LogP contribution is -2.32. The van der Waals surface area contributed by atoms with Crippen LogP contribution in [0.1, 0.15) is 37.0 Å². The zero-order chi connectivity index (χ0) is 12.8. The van der Waals surface area contributed by atoms with E-state index in [1.165, 1.54) is 0 Å². The standard InChI is InChI=1S/C14H22N2O/c1-5-6-11(2)15-14(17)12-7-9-13(10-8-12)16(3)4/h7-11H,5-6H2,1-4H3,(H,15,17)/t11-/m0/s1. The van der Waals surface area contributed by atoms with E-state index in [0.29, 0.717) is 0 Å². The Hall–Kier alpha value is -1.51. The van der Waals surface area contributed by atoms with Crippen molar-refractivity contribution in [3.8, 4) is 0 Å². The van der Waals surface area contributed by atoms with Crippen LogP contribution in [0.15, 0.2) is 24.3 Å². The van der Waals surface area contributed by atoms with Gasteiger partial charge in [0.2, 0.25) is 0 Å². The summed E-state index contributed by atoms with van der Waals surface area (Å²) in [4.78, 5) is 13.9. The van der Waals surface area contributed by atoms with Crippen LogP contribution in [0.4, 0.5) is 5.69 Å². The van der Waals surface area contributed by atoms with E-state index >= 15 is 0 Å². The van der Waals surface area contributed by atoms with Gasteiger partial charge in [0.25, 0.3) is 5.91 Å². The Morgan fingerprint density at radius 2 is 1.88 bits per heavy atom. The van der Waals surface area contributed by atoms with E-state index in [2.05, 4.69) is 12.2 Å². The van der Waals surface area contributed by atoms with Gasteiger partial charge in [-0.2, -0.15) is 0 Å². The highest BCUT2D eigenvalue weighted by atomic mass is 16.1. The Balaban J connectivity index is 2.63. The van der Waals surface area contributed by atoms with Crippen LogP contribution < -0.4 is 10.2 Å². The van der Waals surface area contributed by atoms with Crippen molar-refractivity contribution >= 4 is 11.6 Å². The summed E-state index contributed by atoms with van der Waals surface area (Å²) >= 11 is 0. The maximum Gasteiger partial charge on any atom is 0.251 e. The molecule has 0 aromatic heterocycles. The molecule has 0 aliphatic rings. The Labute approximate surface area is 104 Å². The second-order valence-electron chi connectivity index (χ2n) is 4.60. The quantitative estimate of drug-likeness (QED) is 0.849. The van der Waals surface area contributed by atoms with E-state index in [1.807, 2.05) is 50.2 Å². The molecule has 0 aliphatic heterocycles. The maximum atomic E-state index is 11.9. The number of carbonyl (C=O) groups is 1. The minimum atomic E-state index is 0.0104. The van der Waals surface area contributed by atoms with Gasteiger partial charge in [-0.25, -0.2) is 0 Å². The smallest absolute Gasteiger partial charge is 0.251 e. The van der Waals surface area contributed by atoms with Gasteiger partial charge in [-0.05, 0) is 37.6 Å². The Morgan fingerprint density at radius 3 is 2.35 bits per heavy atom. The molecule has 17 heavy (non-hydrogen) atoms. The van der Waals surface area contributed by atoms with Gasteiger partial charge in [0.15, 0.2) is 0 Å². The fraction of sp³-hybridized carbons (Fsp3) is 0.500. The molecule has 94 valence electrons. The molecule has 0 radical (unpaired) electrons. The molecule has 1 aromatic carbocycles. The number of benzene rings is 1. The SMILES string of the molecule is CCC[C@H](C)NC(=O)c1ccc(N(C)C)cc1. The summed E-state index contributed by atoms with van der Waals surface area (Å²) in [5.74, 6) is 0.0104. The summed E-state index contributed by atoms with van der Waals surface area (Å²) in [5, 5.41) is 2.99. The number of anilines is 1. The van der Waals surface area contributed by atoms with Gasteiger partial charge in [-0.1, -0.05) is 13.3 Å². The number of nitrogens with one attached hydrogen (secondary N) is 1. The molecule has 1 amide bonds. The molecule has 1 atom stereocenters. The Morgan fingerprint density at radius 1 is 1.29 bits per heavy atom. The second-order valence-corrected chi connectivity index (χ2v) is 4.60. The zero-order valence-electron chi connectivity index (χ0n) is 11.2. The number of hydrogen-bond donors (Lipinski definition) is 1. The average Bonchev–Trinajstić information content (AvgIpc) is 2.29. The molecule has 1 aromatic rings. The largest absolute Gasteiger partial charge is 0.378 e. The van der Waals surface area contributed by atoms with E-state index < -0.39 is 0 Å². The van der Waals surface area contributed by atoms with Crippen molar-refractivity contribution in [1.29, 1.82) is 0 Å². The lowest BCUT2D eigenvalue weighted by atomic mass is 10.1. The summed E-state index contributed by atoms with van der Waals surface area (Å²) in [6.07, 6.45) is 2.10. The molecule has 3 nitrogen and oxygen atoms in total. The van der Waals surface area contributed by atoms with E-state index in [0.717, 1.165) is 24.1 Å². The lowest BCUT2D eigenvalue weighted by molar-refractivity contribution is 0.0938. The van der Waals surface area contributed by atoms with Crippen molar-refractivity contribution in [3.05, 3.63) is 29.8 Å². The third-order valence-corrected chi connectivity index (χ3v) is 2.75. The van der Waals surface area contributed by atoms with Crippen LogP contribution in [0.3, 0.4) is 0 Å². The lowest BCUT2D eigenvalue weighted by Gasteiger charge is -2.14. The fourth-order valence-electron chi connectivity index (χ4n) is 1.72. The summed E-state index contributed by atoms with van der Waals surface area (Å²) in [7, 11) is 3.97. The summed E-state index contributed by atoms with van der Waals surface area (Å²) in [6, 6.07) is 7.88. The zero-order valence-corrected chi connectivity index (χ0v) is 11.2. The Bertz CT molecular complexity index is 357. The first-order valence-electron chi connectivity index (χ1n) is 6.12. The van der Waals surface area contributed by atoms with Crippen LogP contribution in [0.25, 0.3) is 0 Å². The van der Waals surface area contributed by atoms with Crippen molar-refractivity contribution in [3.63, 3.8) is 0 Å². The summed E-state index contributed by atoms with van der Waals surface area (Å²) in [6.45, 7) is 4.16. The summed E-state index contributed by atoms with van der Waals surface area (Å²) < 4.78 is 0. The Kier molecular flexibility index (Phi) is 5.01. The highest BCUT2D eigenvalue weighted by Gasteiger charge is 2.08. The highest BCUT2D eigenvalue weighted by molar-refractivity contribution is 5.94. The van der Waals surface area contributed by atoms with Crippen LogP contribution in [0, 0.1) is 0 Å². The number of hydrogen-bond acceptors (Lipinski definition) is 2. The van der Waals surface area contributed by atoms with Crippen molar-refractivity contribution in [2.75, 3.05) is 19.0 Å². The monoisotopic (exact) mass is 234 g/mol. The van der Waals surface area contributed by atoms with Crippen LogP contribution >= 0.6 is 0 Å². The number of amides is 1. The van der Waals surface area contributed by atoms with Crippen LogP contribution in [-0.2, 0) is 0 Å². The predicted molar refractivity (Wildman–Crippen MR) is 72.6 cm³/mol. The minimum absolute atomic E-state index is 0.0104. The molecule has 1 N–H and O–H groups in total. The molecular formula is C14H22N2O. The second kappa shape index (κ2) is 6.28. The van der Waals surface area contributed by atoms with Crippen LogP contribution in [0.2, 0.25) is 0 Å². The van der Waals surface area contributed by atoms with Crippen molar-refractivity contribution in [1.82, 2.24) is 5.32 Å². The first-order valence-corrected chi connectivity index (χ1v) is 6.12. The molecule has 3 heteroatoms. The van der Waals surface area contributed by atoms with E-state index in [-0.39, 0.29) is 11.9 Å². The van der Waals surface area contributed by atoms with Crippen molar-refractivity contribution < 1.29 is 4.79 Å². The third kappa shape index (κ3) is 4.10. The molecule has 0 fully saturated rings. The molecule has 0 bridgehead atoms. The molecule has 0 saturated carbocycles. The van der Waals surface area contributed by atoms with Gasteiger partial charge >= 0.3 is 0 Å². The molecule has 1 rings (SSSR count). The van der Waals surface area contributed by atoms with E-state index in [4.69, 9.17) is 0 Å². The first-order chi connectivity index (χ1) is 8.04. The third-order valence-electron chi connectivity index (χ3n) is 2.75. The van der Waals surface area contributed by atoms with Gasteiger partial charge in [-0.3, -0.25) is 4.79 Å². The normalized spacial score (nSPS) is 12.0. The average molecular weight is 234 g/mol. The first kappa shape index (κ1) is 13.6. The van der Waals surface area contributed by atoms with E-state index in [1.54, 1.807) is 0 Å². The molecule has 0 spiro atoms. The van der Waals surface area contributed by atoms with Gasteiger partial charge in [0.05, 0.1) is 0 Å². The fourth-order valence-corrected chi connectivity index (χ4v) is 1.72. The van der Waals surface area contributed by atoms with Crippen LogP contribution in [-0.4, -0.2) is 26.0 Å². The van der Waals surface area contributed by atoms with Gasteiger partial charge < -0.3 is 10.2 Å². The predicted octanol–water partition coefficient (Wildman–Crippen LogP) is 2.67. The number of nitrogens with zero attached hydrogens (tertiary/aromatic N) is 1. The number of carbonyl (C=O) groups excluding carboxylic acids is 1. The van der Waals surface area contributed by atoms with Crippen molar-refractivity contribution in [2.24, 2.45) is 0 Å². The molecular weight excluding hydrogens is 212 g/mol. The molecule has 0 saturated heterocycles. The molecule has 0 aliphatic carbocycles. The van der Waals surface area contributed by atoms with Crippen LogP contribution in [0.5, 0.6) is 0 Å². The topological polar surface area (TPSA) is 32.3 Å². The maximum absolute atomic E-state index is 11.9. The number of rotatable bonds is 5. The highest BCUT2D eigenvalue weighted by Crippen LogP contribution is 2.12.